The van der Waals surface area contributed by atoms with Crippen molar-refractivity contribution in [1.82, 2.24) is 4.90 Å². The van der Waals surface area contributed by atoms with Crippen molar-refractivity contribution in [1.29, 1.82) is 0 Å². The number of nitrogens with one attached hydrogen (secondary N) is 1. The van der Waals surface area contributed by atoms with Crippen molar-refractivity contribution in [3.8, 4) is 5.75 Å². The van der Waals surface area contributed by atoms with Crippen molar-refractivity contribution in [3.05, 3.63) is 47.0 Å². The summed E-state index contributed by atoms with van der Waals surface area (Å²) in [5, 5.41) is 0.297. The summed E-state index contributed by atoms with van der Waals surface area (Å²) in [6.07, 6.45) is 3.78. The molecule has 0 aromatic heterocycles. The molecule has 0 bridgehead atoms. The summed E-state index contributed by atoms with van der Waals surface area (Å²) in [5.41, 5.74) is 0.723. The fraction of sp³-hybridized carbons (Fsp3) is 0.381. The quantitative estimate of drug-likeness (QED) is 0.619. The lowest BCUT2D eigenvalue weighted by Gasteiger charge is -2.30. The van der Waals surface area contributed by atoms with Crippen LogP contribution in [-0.4, -0.2) is 45.7 Å². The van der Waals surface area contributed by atoms with Crippen LogP contribution < -0.4 is 9.46 Å². The van der Waals surface area contributed by atoms with E-state index in [1.165, 1.54) is 37.1 Å². The van der Waals surface area contributed by atoms with Crippen LogP contribution in [0, 0.1) is 5.92 Å². The Morgan fingerprint density at radius 1 is 1.20 bits per heavy atom. The van der Waals surface area contributed by atoms with Gasteiger partial charge < -0.3 is 9.64 Å². The number of amides is 1. The number of nitrogens with zero attached hydrogens (tertiary/aromatic N) is 1. The number of thioether (sulfide) groups is 1. The number of piperidine rings is 1. The Kier molecular flexibility index (Phi) is 7.21. The number of carbonyl (C=O) groups is 1. The van der Waals surface area contributed by atoms with E-state index in [1.807, 2.05) is 11.2 Å². The number of hydrogen-bond donors (Lipinski definition) is 1. The van der Waals surface area contributed by atoms with Gasteiger partial charge in [0.2, 0.25) is 0 Å². The van der Waals surface area contributed by atoms with Crippen LogP contribution in [0.5, 0.6) is 5.75 Å². The number of halogens is 1. The molecule has 0 aliphatic carbocycles. The molecular weight excluding hydrogens is 444 g/mol. The molecule has 1 saturated heterocycles. The van der Waals surface area contributed by atoms with Gasteiger partial charge in [0.05, 0.1) is 28.3 Å². The third-order valence-corrected chi connectivity index (χ3v) is 7.66. The van der Waals surface area contributed by atoms with Gasteiger partial charge in [-0.25, -0.2) is 8.42 Å². The average Bonchev–Trinajstić information content (AvgIpc) is 2.73. The number of hydrogen-bond acceptors (Lipinski definition) is 5. The second-order valence-corrected chi connectivity index (χ2v) is 10.2. The van der Waals surface area contributed by atoms with E-state index in [1.54, 1.807) is 18.2 Å². The van der Waals surface area contributed by atoms with Crippen molar-refractivity contribution in [2.45, 2.75) is 29.6 Å². The van der Waals surface area contributed by atoms with Crippen LogP contribution in [0.15, 0.2) is 46.2 Å². The van der Waals surface area contributed by atoms with Crippen LogP contribution in [0.3, 0.4) is 0 Å². The minimum Gasteiger partial charge on any atom is -0.495 e. The van der Waals surface area contributed by atoms with E-state index in [0.717, 1.165) is 17.7 Å². The summed E-state index contributed by atoms with van der Waals surface area (Å²) in [4.78, 5) is 15.7. The number of rotatable bonds is 6. The van der Waals surface area contributed by atoms with Crippen molar-refractivity contribution < 1.29 is 17.9 Å². The first-order chi connectivity index (χ1) is 14.2. The third kappa shape index (κ3) is 5.04. The zero-order valence-corrected chi connectivity index (χ0v) is 19.5. The highest BCUT2D eigenvalue weighted by Gasteiger charge is 2.25. The van der Waals surface area contributed by atoms with Crippen molar-refractivity contribution in [3.63, 3.8) is 0 Å². The standard InChI is InChI=1S/C21H25ClN2O4S2/c1-14-8-10-24(11-9-14)21(25)17-13-16(5-7-20(17)29-3)30(26,27)23-15-4-6-19(28-2)18(22)12-15/h4-7,12-14,23H,8-11H2,1-3H3. The number of anilines is 1. The Hall–Kier alpha value is -1.90. The number of carbonyl (C=O) groups excluding carboxylic acids is 1. The fourth-order valence-corrected chi connectivity index (χ4v) is 5.25. The number of likely N-dealkylation sites (tertiary alicyclic amines) is 1. The molecule has 0 atom stereocenters. The first-order valence-corrected chi connectivity index (χ1v) is 12.7. The average molecular weight is 469 g/mol. The molecule has 1 aliphatic rings. The predicted molar refractivity (Wildman–Crippen MR) is 121 cm³/mol. The highest BCUT2D eigenvalue weighted by atomic mass is 35.5. The Labute approximate surface area is 187 Å². The molecule has 3 rings (SSSR count). The van der Waals surface area contributed by atoms with Crippen LogP contribution in [0.4, 0.5) is 5.69 Å². The van der Waals surface area contributed by atoms with Gasteiger partial charge in [-0.2, -0.15) is 0 Å². The van der Waals surface area contributed by atoms with E-state index in [9.17, 15) is 13.2 Å². The van der Waals surface area contributed by atoms with E-state index in [0.29, 0.717) is 41.0 Å². The van der Waals surface area contributed by atoms with Gasteiger partial charge in [0.1, 0.15) is 5.75 Å². The Morgan fingerprint density at radius 3 is 2.50 bits per heavy atom. The highest BCUT2D eigenvalue weighted by Crippen LogP contribution is 2.30. The van der Waals surface area contributed by atoms with Crippen molar-refractivity contribution in [2.24, 2.45) is 5.92 Å². The van der Waals surface area contributed by atoms with Crippen LogP contribution in [0.2, 0.25) is 5.02 Å². The van der Waals surface area contributed by atoms with Crippen molar-refractivity contribution >= 4 is 45.0 Å². The Balaban J connectivity index is 1.89. The lowest BCUT2D eigenvalue weighted by molar-refractivity contribution is 0.0693. The first kappa shape index (κ1) is 22.8. The van der Waals surface area contributed by atoms with E-state index < -0.39 is 10.0 Å². The maximum Gasteiger partial charge on any atom is 0.261 e. The smallest absolute Gasteiger partial charge is 0.261 e. The molecule has 0 saturated carbocycles. The van der Waals surface area contributed by atoms with Gasteiger partial charge in [-0.15, -0.1) is 11.8 Å². The van der Waals surface area contributed by atoms with Gasteiger partial charge in [0.15, 0.2) is 0 Å². The largest absolute Gasteiger partial charge is 0.495 e. The van der Waals surface area contributed by atoms with E-state index >= 15 is 0 Å². The second kappa shape index (κ2) is 9.49. The van der Waals surface area contributed by atoms with Gasteiger partial charge in [-0.3, -0.25) is 9.52 Å². The molecule has 1 N–H and O–H groups in total. The second-order valence-electron chi connectivity index (χ2n) is 7.29. The Morgan fingerprint density at radius 2 is 1.90 bits per heavy atom. The molecule has 2 aromatic carbocycles. The molecule has 162 valence electrons. The fourth-order valence-electron chi connectivity index (χ4n) is 3.35. The molecule has 1 heterocycles. The molecule has 1 amide bonds. The number of benzene rings is 2. The van der Waals surface area contributed by atoms with E-state index in [4.69, 9.17) is 16.3 Å². The zero-order chi connectivity index (χ0) is 21.9. The van der Waals surface area contributed by atoms with Gasteiger partial charge >= 0.3 is 0 Å². The third-order valence-electron chi connectivity index (χ3n) is 5.19. The summed E-state index contributed by atoms with van der Waals surface area (Å²) >= 11 is 7.52. The minimum absolute atomic E-state index is 0.0287. The molecule has 0 unspecified atom stereocenters. The summed E-state index contributed by atoms with van der Waals surface area (Å²) in [5.74, 6) is 0.921. The SMILES string of the molecule is COc1ccc(NS(=O)(=O)c2ccc(SC)c(C(=O)N3CCC(C)CC3)c2)cc1Cl. The molecule has 6 nitrogen and oxygen atoms in total. The number of ether oxygens (including phenoxy) is 1. The predicted octanol–water partition coefficient (Wildman–Crippen LogP) is 4.74. The van der Waals surface area contributed by atoms with Crippen molar-refractivity contribution in [2.75, 3.05) is 31.2 Å². The molecular formula is C21H25ClN2O4S2. The van der Waals surface area contributed by atoms with Crippen LogP contribution >= 0.6 is 23.4 Å². The lowest BCUT2D eigenvalue weighted by atomic mass is 9.98. The molecule has 0 spiro atoms. The molecule has 1 aliphatic heterocycles. The van der Waals surface area contributed by atoms with Gasteiger partial charge in [-0.1, -0.05) is 18.5 Å². The molecule has 30 heavy (non-hydrogen) atoms. The molecule has 1 fully saturated rings. The Bertz CT molecular complexity index is 1040. The summed E-state index contributed by atoms with van der Waals surface area (Å²) in [6, 6.07) is 9.28. The number of sulfonamides is 1. The number of methoxy groups -OCH3 is 1. The van der Waals surface area contributed by atoms with Crippen LogP contribution in [0.25, 0.3) is 0 Å². The summed E-state index contributed by atoms with van der Waals surface area (Å²) in [7, 11) is -2.41. The normalized spacial score (nSPS) is 15.1. The summed E-state index contributed by atoms with van der Waals surface area (Å²) < 4.78 is 33.5. The summed E-state index contributed by atoms with van der Waals surface area (Å²) in [6.45, 7) is 3.56. The lowest BCUT2D eigenvalue weighted by Crippen LogP contribution is -2.38. The van der Waals surface area contributed by atoms with Crippen LogP contribution in [-0.2, 0) is 10.0 Å². The highest BCUT2D eigenvalue weighted by molar-refractivity contribution is 7.98. The van der Waals surface area contributed by atoms with Crippen LogP contribution in [0.1, 0.15) is 30.1 Å². The molecule has 9 heteroatoms. The molecule has 2 aromatic rings. The van der Waals surface area contributed by atoms with Gasteiger partial charge in [0.25, 0.3) is 15.9 Å². The van der Waals surface area contributed by atoms with E-state index in [2.05, 4.69) is 11.6 Å². The maximum atomic E-state index is 13.1. The topological polar surface area (TPSA) is 75.7 Å². The monoisotopic (exact) mass is 468 g/mol. The van der Waals surface area contributed by atoms with E-state index in [-0.39, 0.29) is 10.8 Å². The first-order valence-electron chi connectivity index (χ1n) is 9.59. The minimum atomic E-state index is -3.90. The zero-order valence-electron chi connectivity index (χ0n) is 17.1. The maximum absolute atomic E-state index is 13.1. The molecule has 0 radical (unpaired) electrons. The van der Waals surface area contributed by atoms with Gasteiger partial charge in [-0.05, 0) is 61.4 Å². The van der Waals surface area contributed by atoms with Gasteiger partial charge in [0, 0.05) is 18.0 Å².